The molecule has 7 heteroatoms. The summed E-state index contributed by atoms with van der Waals surface area (Å²) >= 11 is 0. The molecular weight excluding hydrogens is 275 g/mol. The highest BCUT2D eigenvalue weighted by atomic mass is 19.2. The molecule has 0 fully saturated rings. The van der Waals surface area contributed by atoms with Crippen LogP contribution in [0, 0.1) is 17.5 Å². The molecule has 2 N–H and O–H groups in total. The van der Waals surface area contributed by atoms with Gasteiger partial charge in [-0.25, -0.2) is 18.0 Å². The molecule has 1 rings (SSSR count). The topological polar surface area (TPSA) is 58.6 Å². The quantitative estimate of drug-likeness (QED) is 0.842. The first-order valence-corrected chi connectivity index (χ1v) is 5.89. The highest BCUT2D eigenvalue weighted by molar-refractivity contribution is 5.68. The average molecular weight is 291 g/mol. The molecule has 4 nitrogen and oxygen atoms in total. The number of nitrogens with one attached hydrogen (secondary N) is 1. The van der Waals surface area contributed by atoms with E-state index in [0.29, 0.717) is 12.1 Å². The zero-order chi connectivity index (χ0) is 15.5. The first kappa shape index (κ1) is 16.3. The Kier molecular flexibility index (Phi) is 4.99. The summed E-state index contributed by atoms with van der Waals surface area (Å²) in [6.45, 7) is 4.29. The Bertz CT molecular complexity index is 477. The molecule has 0 aliphatic heterocycles. The Morgan fingerprint density at radius 2 is 1.80 bits per heavy atom. The summed E-state index contributed by atoms with van der Waals surface area (Å²) in [5, 5.41) is 11.4. The SMILES string of the molecule is CC(C)(C)OC(=O)NC(CO)c1cc(F)c(F)c(F)c1. The van der Waals surface area contributed by atoms with Gasteiger partial charge in [0.15, 0.2) is 17.5 Å². The Hall–Kier alpha value is -1.76. The number of ether oxygens (including phenoxy) is 1. The summed E-state index contributed by atoms with van der Waals surface area (Å²) in [6, 6.07) is 0.308. The van der Waals surface area contributed by atoms with Gasteiger partial charge in [0.1, 0.15) is 5.60 Å². The Morgan fingerprint density at radius 3 is 2.20 bits per heavy atom. The minimum absolute atomic E-state index is 0.102. The fourth-order valence-corrected chi connectivity index (χ4v) is 1.46. The molecule has 1 amide bonds. The van der Waals surface area contributed by atoms with E-state index in [9.17, 15) is 18.0 Å². The number of hydrogen-bond acceptors (Lipinski definition) is 3. The van der Waals surface area contributed by atoms with Gasteiger partial charge in [-0.1, -0.05) is 0 Å². The molecule has 0 saturated carbocycles. The molecule has 112 valence electrons. The van der Waals surface area contributed by atoms with Gasteiger partial charge in [-0.05, 0) is 38.5 Å². The van der Waals surface area contributed by atoms with Crippen LogP contribution in [-0.4, -0.2) is 23.4 Å². The highest BCUT2D eigenvalue weighted by Crippen LogP contribution is 2.20. The van der Waals surface area contributed by atoms with Crippen molar-refractivity contribution in [3.05, 3.63) is 35.1 Å². The summed E-state index contributed by atoms with van der Waals surface area (Å²) in [6.07, 6.45) is -0.860. The predicted molar refractivity (Wildman–Crippen MR) is 65.5 cm³/mol. The summed E-state index contributed by atoms with van der Waals surface area (Å²) in [4.78, 5) is 11.5. The number of halogens is 3. The minimum atomic E-state index is -1.61. The van der Waals surface area contributed by atoms with E-state index in [0.717, 1.165) is 0 Å². The second kappa shape index (κ2) is 6.13. The summed E-state index contributed by atoms with van der Waals surface area (Å²) in [5.74, 6) is -4.41. The molecule has 0 heterocycles. The third-order valence-electron chi connectivity index (χ3n) is 2.28. The van der Waals surface area contributed by atoms with Gasteiger partial charge in [-0.15, -0.1) is 0 Å². The van der Waals surface area contributed by atoms with Gasteiger partial charge in [-0.2, -0.15) is 0 Å². The maximum atomic E-state index is 13.1. The van der Waals surface area contributed by atoms with Gasteiger partial charge in [-0.3, -0.25) is 0 Å². The molecular formula is C13H16F3NO3. The van der Waals surface area contributed by atoms with Crippen molar-refractivity contribution < 1.29 is 27.8 Å². The van der Waals surface area contributed by atoms with Gasteiger partial charge >= 0.3 is 6.09 Å². The van der Waals surface area contributed by atoms with Gasteiger partial charge in [0.2, 0.25) is 0 Å². The molecule has 20 heavy (non-hydrogen) atoms. The molecule has 1 aromatic rings. The van der Waals surface area contributed by atoms with E-state index in [-0.39, 0.29) is 5.56 Å². The molecule has 0 radical (unpaired) electrons. The highest BCUT2D eigenvalue weighted by Gasteiger charge is 2.22. The first-order chi connectivity index (χ1) is 9.14. The van der Waals surface area contributed by atoms with Gasteiger partial charge in [0, 0.05) is 0 Å². The lowest BCUT2D eigenvalue weighted by molar-refractivity contribution is 0.0481. The fourth-order valence-electron chi connectivity index (χ4n) is 1.46. The number of alkyl carbamates (subject to hydrolysis) is 1. The van der Waals surface area contributed by atoms with E-state index in [4.69, 9.17) is 9.84 Å². The van der Waals surface area contributed by atoms with Gasteiger partial charge < -0.3 is 15.2 Å². The minimum Gasteiger partial charge on any atom is -0.444 e. The Morgan fingerprint density at radius 1 is 1.30 bits per heavy atom. The zero-order valence-electron chi connectivity index (χ0n) is 11.3. The maximum absolute atomic E-state index is 13.1. The number of carbonyl (C=O) groups is 1. The molecule has 0 saturated heterocycles. The van der Waals surface area contributed by atoms with Crippen molar-refractivity contribution in [1.82, 2.24) is 5.32 Å². The van der Waals surface area contributed by atoms with Crippen LogP contribution in [0.1, 0.15) is 32.4 Å². The second-order valence-electron chi connectivity index (χ2n) is 5.18. The normalized spacial score (nSPS) is 12.9. The molecule has 0 aliphatic rings. The van der Waals surface area contributed by atoms with Gasteiger partial charge in [0.25, 0.3) is 0 Å². The summed E-state index contributed by atoms with van der Waals surface area (Å²) < 4.78 is 44.0. The van der Waals surface area contributed by atoms with Crippen molar-refractivity contribution >= 4 is 6.09 Å². The van der Waals surface area contributed by atoms with E-state index in [1.807, 2.05) is 0 Å². The van der Waals surface area contributed by atoms with Crippen LogP contribution in [0.25, 0.3) is 0 Å². The van der Waals surface area contributed by atoms with Crippen molar-refractivity contribution in [1.29, 1.82) is 0 Å². The molecule has 0 spiro atoms. The number of amides is 1. The van der Waals surface area contributed by atoms with Crippen LogP contribution in [0.15, 0.2) is 12.1 Å². The lowest BCUT2D eigenvalue weighted by atomic mass is 10.1. The van der Waals surface area contributed by atoms with E-state index in [2.05, 4.69) is 5.32 Å². The van der Waals surface area contributed by atoms with E-state index in [1.165, 1.54) is 0 Å². The van der Waals surface area contributed by atoms with Crippen LogP contribution in [0.2, 0.25) is 0 Å². The Balaban J connectivity index is 2.89. The number of rotatable bonds is 3. The summed E-state index contributed by atoms with van der Waals surface area (Å²) in [7, 11) is 0. The van der Waals surface area contributed by atoms with E-state index >= 15 is 0 Å². The third kappa shape index (κ3) is 4.41. The van der Waals surface area contributed by atoms with Crippen molar-refractivity contribution in [2.45, 2.75) is 32.4 Å². The van der Waals surface area contributed by atoms with Crippen molar-refractivity contribution in [2.75, 3.05) is 6.61 Å². The van der Waals surface area contributed by atoms with Crippen LogP contribution in [0.4, 0.5) is 18.0 Å². The smallest absolute Gasteiger partial charge is 0.408 e. The first-order valence-electron chi connectivity index (χ1n) is 5.89. The number of aliphatic hydroxyl groups excluding tert-OH is 1. The molecule has 0 bridgehead atoms. The van der Waals surface area contributed by atoms with Crippen LogP contribution >= 0.6 is 0 Å². The standard InChI is InChI=1S/C13H16F3NO3/c1-13(2,3)20-12(19)17-10(6-18)7-4-8(14)11(16)9(15)5-7/h4-5,10,18H,6H2,1-3H3,(H,17,19). The lowest BCUT2D eigenvalue weighted by Gasteiger charge is -2.23. The molecule has 1 aromatic carbocycles. The summed E-state index contributed by atoms with van der Waals surface area (Å²) in [5.41, 5.74) is -0.863. The maximum Gasteiger partial charge on any atom is 0.408 e. The van der Waals surface area contributed by atoms with E-state index in [1.54, 1.807) is 20.8 Å². The molecule has 0 aromatic heterocycles. The van der Waals surface area contributed by atoms with Crippen molar-refractivity contribution in [3.63, 3.8) is 0 Å². The second-order valence-corrected chi connectivity index (χ2v) is 5.18. The van der Waals surface area contributed by atoms with Crippen LogP contribution in [0.5, 0.6) is 0 Å². The zero-order valence-corrected chi connectivity index (χ0v) is 11.3. The molecule has 1 unspecified atom stereocenters. The largest absolute Gasteiger partial charge is 0.444 e. The van der Waals surface area contributed by atoms with Crippen LogP contribution in [0.3, 0.4) is 0 Å². The fraction of sp³-hybridized carbons (Fsp3) is 0.462. The molecule has 0 aliphatic carbocycles. The number of benzene rings is 1. The lowest BCUT2D eigenvalue weighted by Crippen LogP contribution is -2.36. The van der Waals surface area contributed by atoms with Crippen molar-refractivity contribution in [2.24, 2.45) is 0 Å². The average Bonchev–Trinajstić information content (AvgIpc) is 2.30. The molecule has 1 atom stereocenters. The van der Waals surface area contributed by atoms with Gasteiger partial charge in [0.05, 0.1) is 12.6 Å². The predicted octanol–water partition coefficient (Wildman–Crippen LogP) is 2.66. The monoisotopic (exact) mass is 291 g/mol. The van der Waals surface area contributed by atoms with Crippen LogP contribution in [-0.2, 0) is 4.74 Å². The van der Waals surface area contributed by atoms with Crippen LogP contribution < -0.4 is 5.32 Å². The third-order valence-corrected chi connectivity index (χ3v) is 2.28. The Labute approximate surface area is 114 Å². The number of carbonyl (C=O) groups excluding carboxylic acids is 1. The van der Waals surface area contributed by atoms with Crippen molar-refractivity contribution in [3.8, 4) is 0 Å². The number of hydrogen-bond donors (Lipinski definition) is 2. The number of aliphatic hydroxyl groups is 1. The van der Waals surface area contributed by atoms with E-state index < -0.39 is 41.8 Å².